The minimum absolute atomic E-state index is 0.00169. The van der Waals surface area contributed by atoms with Gasteiger partial charge < -0.3 is 5.73 Å². The molecule has 2 nitrogen and oxygen atoms in total. The van der Waals surface area contributed by atoms with Gasteiger partial charge in [0, 0.05) is 12.6 Å². The molecule has 2 N–H and O–H groups in total. The standard InChI is InChI=1S/C10H16F6N2/c1-6(17)8(10(14,15)16)18-4-2-3-7(5-18)9(11,12)13/h6-8H,2-5,17H2,1H3. The van der Waals surface area contributed by atoms with Gasteiger partial charge in [0.2, 0.25) is 0 Å². The normalized spacial score (nSPS) is 27.0. The summed E-state index contributed by atoms with van der Waals surface area (Å²) < 4.78 is 75.9. The highest BCUT2D eigenvalue weighted by molar-refractivity contribution is 4.90. The van der Waals surface area contributed by atoms with E-state index < -0.39 is 36.9 Å². The van der Waals surface area contributed by atoms with Crippen LogP contribution in [0.5, 0.6) is 0 Å². The highest BCUT2D eigenvalue weighted by Crippen LogP contribution is 2.36. The Morgan fingerprint density at radius 1 is 1.17 bits per heavy atom. The van der Waals surface area contributed by atoms with Crippen molar-refractivity contribution in [2.24, 2.45) is 11.7 Å². The molecule has 18 heavy (non-hydrogen) atoms. The van der Waals surface area contributed by atoms with Crippen molar-refractivity contribution in [3.63, 3.8) is 0 Å². The summed E-state index contributed by atoms with van der Waals surface area (Å²) in [6.45, 7) is 0.531. The van der Waals surface area contributed by atoms with E-state index in [1.54, 1.807) is 0 Å². The molecule has 1 aliphatic heterocycles. The highest BCUT2D eigenvalue weighted by Gasteiger charge is 2.50. The Kier molecular flexibility index (Phi) is 4.53. The summed E-state index contributed by atoms with van der Waals surface area (Å²) in [4.78, 5) is 0.812. The number of alkyl halides is 6. The molecule has 1 heterocycles. The fraction of sp³-hybridized carbons (Fsp3) is 1.00. The predicted octanol–water partition coefficient (Wildman–Crippen LogP) is 2.54. The first-order valence-electron chi connectivity index (χ1n) is 5.66. The smallest absolute Gasteiger partial charge is 0.326 e. The SMILES string of the molecule is CC(N)C(N1CCCC(C(F)(F)F)C1)C(F)(F)F. The molecule has 3 atom stereocenters. The van der Waals surface area contributed by atoms with Gasteiger partial charge in [0.05, 0.1) is 5.92 Å². The summed E-state index contributed by atoms with van der Waals surface area (Å²) in [7, 11) is 0. The fourth-order valence-corrected chi connectivity index (χ4v) is 2.36. The van der Waals surface area contributed by atoms with Crippen LogP contribution in [0, 0.1) is 5.92 Å². The number of hydrogen-bond acceptors (Lipinski definition) is 2. The summed E-state index contributed by atoms with van der Waals surface area (Å²) in [5.41, 5.74) is 5.27. The van der Waals surface area contributed by atoms with Crippen LogP contribution < -0.4 is 5.73 Å². The molecule has 0 spiro atoms. The molecular formula is C10H16F6N2. The molecule has 0 aromatic carbocycles. The van der Waals surface area contributed by atoms with Gasteiger partial charge >= 0.3 is 12.4 Å². The van der Waals surface area contributed by atoms with Crippen LogP contribution in [0.15, 0.2) is 0 Å². The van der Waals surface area contributed by atoms with Crippen molar-refractivity contribution in [3.05, 3.63) is 0 Å². The lowest BCUT2D eigenvalue weighted by atomic mass is 9.94. The highest BCUT2D eigenvalue weighted by atomic mass is 19.4. The van der Waals surface area contributed by atoms with Crippen LogP contribution in [-0.4, -0.2) is 42.4 Å². The Morgan fingerprint density at radius 3 is 2.11 bits per heavy atom. The third-order valence-corrected chi connectivity index (χ3v) is 3.14. The number of likely N-dealkylation sites (tertiary alicyclic amines) is 1. The van der Waals surface area contributed by atoms with Crippen molar-refractivity contribution in [2.45, 2.75) is 44.2 Å². The maximum absolute atomic E-state index is 12.8. The second-order valence-electron chi connectivity index (χ2n) is 4.72. The molecule has 0 aromatic heterocycles. The first-order chi connectivity index (χ1) is 8.03. The monoisotopic (exact) mass is 278 g/mol. The molecule has 0 saturated carbocycles. The van der Waals surface area contributed by atoms with Crippen LogP contribution in [-0.2, 0) is 0 Å². The molecule has 108 valence electrons. The molecule has 1 fully saturated rings. The zero-order chi connectivity index (χ0) is 14.1. The van der Waals surface area contributed by atoms with E-state index in [1.807, 2.05) is 0 Å². The third kappa shape index (κ3) is 3.74. The Bertz CT molecular complexity index is 273. The Balaban J connectivity index is 2.81. The molecule has 0 aromatic rings. The van der Waals surface area contributed by atoms with Crippen molar-refractivity contribution in [1.82, 2.24) is 4.90 Å². The van der Waals surface area contributed by atoms with Gasteiger partial charge in [-0.05, 0) is 26.3 Å². The van der Waals surface area contributed by atoms with Crippen LogP contribution in [0.3, 0.4) is 0 Å². The van der Waals surface area contributed by atoms with Crippen molar-refractivity contribution >= 4 is 0 Å². The van der Waals surface area contributed by atoms with Crippen molar-refractivity contribution < 1.29 is 26.3 Å². The molecule has 1 rings (SSSR count). The van der Waals surface area contributed by atoms with E-state index in [-0.39, 0.29) is 19.4 Å². The zero-order valence-electron chi connectivity index (χ0n) is 9.85. The molecule has 0 radical (unpaired) electrons. The third-order valence-electron chi connectivity index (χ3n) is 3.14. The number of halogens is 6. The molecular weight excluding hydrogens is 262 g/mol. The van der Waals surface area contributed by atoms with E-state index >= 15 is 0 Å². The lowest BCUT2D eigenvalue weighted by molar-refractivity contribution is -0.218. The van der Waals surface area contributed by atoms with Gasteiger partial charge in [0.25, 0.3) is 0 Å². The summed E-state index contributed by atoms with van der Waals surface area (Å²) in [6.07, 6.45) is -9.08. The van der Waals surface area contributed by atoms with Gasteiger partial charge in [0.1, 0.15) is 6.04 Å². The van der Waals surface area contributed by atoms with E-state index in [0.29, 0.717) is 0 Å². The van der Waals surface area contributed by atoms with Gasteiger partial charge in [0.15, 0.2) is 0 Å². The van der Waals surface area contributed by atoms with Crippen molar-refractivity contribution in [2.75, 3.05) is 13.1 Å². The predicted molar refractivity (Wildman–Crippen MR) is 53.8 cm³/mol. The average Bonchev–Trinajstić information content (AvgIpc) is 2.13. The van der Waals surface area contributed by atoms with Crippen LogP contribution in [0.4, 0.5) is 26.3 Å². The summed E-state index contributed by atoms with van der Waals surface area (Å²) in [6, 6.07) is -3.26. The lowest BCUT2D eigenvalue weighted by Crippen LogP contribution is -2.58. The molecule has 0 bridgehead atoms. The van der Waals surface area contributed by atoms with Crippen LogP contribution in [0.1, 0.15) is 19.8 Å². The quantitative estimate of drug-likeness (QED) is 0.786. The van der Waals surface area contributed by atoms with E-state index in [1.165, 1.54) is 0 Å². The average molecular weight is 278 g/mol. The van der Waals surface area contributed by atoms with Crippen molar-refractivity contribution in [1.29, 1.82) is 0 Å². The topological polar surface area (TPSA) is 29.3 Å². The fourth-order valence-electron chi connectivity index (χ4n) is 2.36. The largest absolute Gasteiger partial charge is 0.405 e. The van der Waals surface area contributed by atoms with E-state index in [2.05, 4.69) is 0 Å². The molecule has 3 unspecified atom stereocenters. The summed E-state index contributed by atoms with van der Waals surface area (Å²) in [5, 5.41) is 0. The Hall–Kier alpha value is -0.500. The van der Waals surface area contributed by atoms with Gasteiger partial charge in [-0.15, -0.1) is 0 Å². The molecule has 8 heteroatoms. The lowest BCUT2D eigenvalue weighted by Gasteiger charge is -2.40. The number of rotatable bonds is 2. The van der Waals surface area contributed by atoms with Crippen LogP contribution in [0.2, 0.25) is 0 Å². The van der Waals surface area contributed by atoms with Gasteiger partial charge in [-0.3, -0.25) is 4.90 Å². The Morgan fingerprint density at radius 2 is 1.72 bits per heavy atom. The second-order valence-corrected chi connectivity index (χ2v) is 4.72. The van der Waals surface area contributed by atoms with Crippen LogP contribution >= 0.6 is 0 Å². The number of piperidine rings is 1. The van der Waals surface area contributed by atoms with Gasteiger partial charge in [-0.2, -0.15) is 26.3 Å². The molecule has 1 aliphatic rings. The summed E-state index contributed by atoms with van der Waals surface area (Å²) in [5.74, 6) is -1.70. The maximum atomic E-state index is 12.8. The van der Waals surface area contributed by atoms with Gasteiger partial charge in [-0.1, -0.05) is 0 Å². The van der Waals surface area contributed by atoms with Crippen molar-refractivity contribution in [3.8, 4) is 0 Å². The minimum Gasteiger partial charge on any atom is -0.326 e. The van der Waals surface area contributed by atoms with E-state index in [4.69, 9.17) is 5.73 Å². The number of hydrogen-bond donors (Lipinski definition) is 1. The zero-order valence-corrected chi connectivity index (χ0v) is 9.85. The second kappa shape index (κ2) is 5.24. The number of nitrogens with two attached hydrogens (primary N) is 1. The van der Waals surface area contributed by atoms with Gasteiger partial charge in [-0.25, -0.2) is 0 Å². The number of nitrogens with zero attached hydrogens (tertiary/aromatic N) is 1. The first-order valence-corrected chi connectivity index (χ1v) is 5.66. The molecule has 0 aliphatic carbocycles. The molecule has 1 saturated heterocycles. The summed E-state index contributed by atoms with van der Waals surface area (Å²) >= 11 is 0. The first kappa shape index (κ1) is 15.6. The van der Waals surface area contributed by atoms with E-state index in [9.17, 15) is 26.3 Å². The minimum atomic E-state index is -4.61. The van der Waals surface area contributed by atoms with Crippen LogP contribution in [0.25, 0.3) is 0 Å². The maximum Gasteiger partial charge on any atom is 0.405 e. The Labute approximate surface area is 101 Å². The van der Waals surface area contributed by atoms with E-state index in [0.717, 1.165) is 11.8 Å². The molecule has 0 amide bonds.